The number of hydrogen-bond donors (Lipinski definition) is 2. The zero-order valence-electron chi connectivity index (χ0n) is 18.8. The average molecular weight is 470 g/mol. The Kier molecular flexibility index (Phi) is 7.72. The number of nitrogens with one attached hydrogen (secondary N) is 2. The van der Waals surface area contributed by atoms with Crippen LogP contribution in [0, 0.1) is 17.6 Å². The summed E-state index contributed by atoms with van der Waals surface area (Å²) in [5.74, 6) is -4.47. The quantitative estimate of drug-likeness (QED) is 0.489. The molecule has 1 aromatic heterocycles. The van der Waals surface area contributed by atoms with Gasteiger partial charge < -0.3 is 15.4 Å². The number of esters is 1. The predicted molar refractivity (Wildman–Crippen MR) is 121 cm³/mol. The van der Waals surface area contributed by atoms with Gasteiger partial charge in [0.2, 0.25) is 5.91 Å². The fourth-order valence-corrected chi connectivity index (χ4v) is 3.16. The molecule has 0 aliphatic rings. The molecule has 0 saturated heterocycles. The highest BCUT2D eigenvalue weighted by atomic mass is 19.1. The molecule has 0 spiro atoms. The van der Waals surface area contributed by atoms with Crippen LogP contribution in [0.1, 0.15) is 41.6 Å². The third-order valence-corrected chi connectivity index (χ3v) is 4.90. The van der Waals surface area contributed by atoms with Crippen LogP contribution in [0.25, 0.3) is 5.69 Å². The van der Waals surface area contributed by atoms with Crippen LogP contribution in [0.15, 0.2) is 54.7 Å². The van der Waals surface area contributed by atoms with Gasteiger partial charge in [0.15, 0.2) is 5.69 Å². The van der Waals surface area contributed by atoms with Crippen molar-refractivity contribution >= 4 is 23.5 Å². The van der Waals surface area contributed by atoms with E-state index in [1.165, 1.54) is 10.7 Å². The number of nitrogens with zero attached hydrogens (tertiary/aromatic N) is 2. The third kappa shape index (κ3) is 5.64. The third-order valence-electron chi connectivity index (χ3n) is 4.90. The van der Waals surface area contributed by atoms with Crippen molar-refractivity contribution in [3.05, 3.63) is 77.6 Å². The highest BCUT2D eigenvalue weighted by molar-refractivity contribution is 6.01. The molecular formula is C24H24F2N4O4. The lowest BCUT2D eigenvalue weighted by Crippen LogP contribution is -2.47. The van der Waals surface area contributed by atoms with Crippen molar-refractivity contribution < 1.29 is 27.9 Å². The molecular weight excluding hydrogens is 446 g/mol. The summed E-state index contributed by atoms with van der Waals surface area (Å²) in [6, 6.07) is 10.2. The van der Waals surface area contributed by atoms with E-state index >= 15 is 0 Å². The van der Waals surface area contributed by atoms with E-state index in [1.54, 1.807) is 51.2 Å². The molecule has 8 nitrogen and oxygen atoms in total. The number of rotatable bonds is 8. The van der Waals surface area contributed by atoms with Crippen molar-refractivity contribution in [2.45, 2.75) is 26.8 Å². The SMILES string of the molecule is CCOC(=O)c1ccn(-c2ccc(NC(=O)[C@@H](NC(=O)c3c(F)cccc3F)C(C)C)cc2)n1. The first kappa shape index (κ1) is 24.6. The number of anilines is 1. The van der Waals surface area contributed by atoms with Gasteiger partial charge in [-0.3, -0.25) is 9.59 Å². The van der Waals surface area contributed by atoms with E-state index in [4.69, 9.17) is 4.74 Å². The van der Waals surface area contributed by atoms with E-state index in [9.17, 15) is 23.2 Å². The number of ether oxygens (including phenoxy) is 1. The molecule has 2 N–H and O–H groups in total. The van der Waals surface area contributed by atoms with E-state index in [1.807, 2.05) is 0 Å². The summed E-state index contributed by atoms with van der Waals surface area (Å²) in [5, 5.41) is 9.25. The summed E-state index contributed by atoms with van der Waals surface area (Å²) >= 11 is 0. The molecule has 2 aromatic carbocycles. The first-order chi connectivity index (χ1) is 16.2. The van der Waals surface area contributed by atoms with Gasteiger partial charge >= 0.3 is 5.97 Å². The molecule has 1 atom stereocenters. The Bertz CT molecular complexity index is 1170. The highest BCUT2D eigenvalue weighted by Crippen LogP contribution is 2.16. The minimum atomic E-state index is -1.04. The summed E-state index contributed by atoms with van der Waals surface area (Å²) in [6.45, 7) is 5.34. The van der Waals surface area contributed by atoms with Crippen LogP contribution in [0.4, 0.5) is 14.5 Å². The van der Waals surface area contributed by atoms with Gasteiger partial charge in [0.1, 0.15) is 23.2 Å². The monoisotopic (exact) mass is 470 g/mol. The molecule has 3 aromatic rings. The second-order valence-corrected chi connectivity index (χ2v) is 7.69. The summed E-state index contributed by atoms with van der Waals surface area (Å²) in [7, 11) is 0. The van der Waals surface area contributed by atoms with Crippen LogP contribution in [-0.2, 0) is 9.53 Å². The van der Waals surface area contributed by atoms with Crippen molar-refractivity contribution in [3.8, 4) is 5.69 Å². The molecule has 0 bridgehead atoms. The predicted octanol–water partition coefficient (Wildman–Crippen LogP) is 3.72. The standard InChI is InChI=1S/C24H24F2N4O4/c1-4-34-24(33)19-12-13-30(29-19)16-10-8-15(9-11-16)27-23(32)21(14(2)3)28-22(31)20-17(25)6-5-7-18(20)26/h5-14,21H,4H2,1-3H3,(H,27,32)(H,28,31)/t21-/m0/s1. The smallest absolute Gasteiger partial charge is 0.358 e. The number of carbonyl (C=O) groups is 3. The Morgan fingerprint density at radius 2 is 1.68 bits per heavy atom. The Morgan fingerprint density at radius 1 is 1.03 bits per heavy atom. The molecule has 0 radical (unpaired) electrons. The lowest BCUT2D eigenvalue weighted by molar-refractivity contribution is -0.118. The van der Waals surface area contributed by atoms with Gasteiger partial charge in [-0.2, -0.15) is 5.10 Å². The fraction of sp³-hybridized carbons (Fsp3) is 0.250. The molecule has 0 saturated carbocycles. The van der Waals surface area contributed by atoms with Crippen LogP contribution in [0.2, 0.25) is 0 Å². The topological polar surface area (TPSA) is 102 Å². The number of benzene rings is 2. The van der Waals surface area contributed by atoms with E-state index in [0.717, 1.165) is 18.2 Å². The van der Waals surface area contributed by atoms with Gasteiger partial charge in [-0.1, -0.05) is 19.9 Å². The molecule has 1 heterocycles. The van der Waals surface area contributed by atoms with Crippen LogP contribution in [-0.4, -0.2) is 40.2 Å². The minimum absolute atomic E-state index is 0.168. The normalized spacial score (nSPS) is 11.7. The summed E-state index contributed by atoms with van der Waals surface area (Å²) in [6.07, 6.45) is 1.60. The largest absolute Gasteiger partial charge is 0.461 e. The van der Waals surface area contributed by atoms with E-state index in [2.05, 4.69) is 15.7 Å². The Hall–Kier alpha value is -4.08. The van der Waals surface area contributed by atoms with Gasteiger partial charge in [0, 0.05) is 11.9 Å². The fourth-order valence-electron chi connectivity index (χ4n) is 3.16. The average Bonchev–Trinajstić information content (AvgIpc) is 3.28. The zero-order valence-corrected chi connectivity index (χ0v) is 18.8. The van der Waals surface area contributed by atoms with Gasteiger partial charge in [-0.25, -0.2) is 18.3 Å². The summed E-state index contributed by atoms with van der Waals surface area (Å²) in [5.41, 5.74) is 0.494. The zero-order chi connectivity index (χ0) is 24.8. The van der Waals surface area contributed by atoms with Crippen molar-refractivity contribution in [3.63, 3.8) is 0 Å². The van der Waals surface area contributed by atoms with Gasteiger partial charge in [0.25, 0.3) is 5.91 Å². The number of amides is 2. The second kappa shape index (κ2) is 10.7. The van der Waals surface area contributed by atoms with Gasteiger partial charge in [-0.15, -0.1) is 0 Å². The lowest BCUT2D eigenvalue weighted by Gasteiger charge is -2.22. The van der Waals surface area contributed by atoms with Crippen LogP contribution in [0.5, 0.6) is 0 Å². The van der Waals surface area contributed by atoms with Crippen LogP contribution < -0.4 is 10.6 Å². The Balaban J connectivity index is 1.69. The second-order valence-electron chi connectivity index (χ2n) is 7.69. The molecule has 0 aliphatic heterocycles. The first-order valence-electron chi connectivity index (χ1n) is 10.6. The number of carbonyl (C=O) groups excluding carboxylic acids is 3. The van der Waals surface area contributed by atoms with E-state index in [-0.39, 0.29) is 18.2 Å². The number of hydrogen-bond acceptors (Lipinski definition) is 5. The van der Waals surface area contributed by atoms with Gasteiger partial charge in [-0.05, 0) is 55.3 Å². The molecule has 0 fully saturated rings. The maximum atomic E-state index is 13.9. The maximum Gasteiger partial charge on any atom is 0.358 e. The molecule has 2 amide bonds. The Morgan fingerprint density at radius 3 is 2.26 bits per heavy atom. The number of halogens is 2. The molecule has 0 aliphatic carbocycles. The van der Waals surface area contributed by atoms with Gasteiger partial charge in [0.05, 0.1) is 12.3 Å². The van der Waals surface area contributed by atoms with E-state index < -0.39 is 41.0 Å². The van der Waals surface area contributed by atoms with Crippen molar-refractivity contribution in [1.82, 2.24) is 15.1 Å². The Labute approximate surface area is 194 Å². The molecule has 0 unspecified atom stereocenters. The molecule has 3 rings (SSSR count). The summed E-state index contributed by atoms with van der Waals surface area (Å²) in [4.78, 5) is 37.0. The van der Waals surface area contributed by atoms with Crippen LogP contribution in [0.3, 0.4) is 0 Å². The lowest BCUT2D eigenvalue weighted by atomic mass is 10.0. The maximum absolute atomic E-state index is 13.9. The van der Waals surface area contributed by atoms with Crippen molar-refractivity contribution in [2.24, 2.45) is 5.92 Å². The summed E-state index contributed by atoms with van der Waals surface area (Å²) < 4.78 is 34.3. The molecule has 10 heteroatoms. The van der Waals surface area contributed by atoms with E-state index in [0.29, 0.717) is 11.4 Å². The number of aromatic nitrogens is 2. The molecule has 178 valence electrons. The molecule has 34 heavy (non-hydrogen) atoms. The highest BCUT2D eigenvalue weighted by Gasteiger charge is 2.27. The minimum Gasteiger partial charge on any atom is -0.461 e. The van der Waals surface area contributed by atoms with Crippen LogP contribution >= 0.6 is 0 Å². The van der Waals surface area contributed by atoms with Crippen molar-refractivity contribution in [2.75, 3.05) is 11.9 Å². The van der Waals surface area contributed by atoms with Crippen molar-refractivity contribution in [1.29, 1.82) is 0 Å². The first-order valence-corrected chi connectivity index (χ1v) is 10.6.